The lowest BCUT2D eigenvalue weighted by atomic mass is 10.1. The zero-order chi connectivity index (χ0) is 15.9. The number of primary amides is 1. The van der Waals surface area contributed by atoms with Gasteiger partial charge in [0.25, 0.3) is 0 Å². The normalized spacial score (nSPS) is 10.4. The molecule has 0 bridgehead atoms. The van der Waals surface area contributed by atoms with E-state index in [4.69, 9.17) is 10.5 Å². The maximum Gasteiger partial charge on any atom is 0.343 e. The summed E-state index contributed by atoms with van der Waals surface area (Å²) in [5.74, 6) is -0.133. The number of para-hydroxylation sites is 1. The van der Waals surface area contributed by atoms with Crippen molar-refractivity contribution in [2.45, 2.75) is 6.92 Å². The highest BCUT2D eigenvalue weighted by molar-refractivity contribution is 5.93. The second-order valence-corrected chi connectivity index (χ2v) is 4.53. The van der Waals surface area contributed by atoms with Crippen LogP contribution in [0.2, 0.25) is 0 Å². The lowest BCUT2D eigenvalue weighted by molar-refractivity contribution is 0.0734. The molecule has 2 aromatic carbocycles. The van der Waals surface area contributed by atoms with Gasteiger partial charge < -0.3 is 10.5 Å². The van der Waals surface area contributed by atoms with Crippen LogP contribution in [0.4, 0.5) is 4.79 Å². The van der Waals surface area contributed by atoms with Gasteiger partial charge in [-0.1, -0.05) is 29.8 Å². The Bertz CT molecular complexity index is 709. The number of carbonyl (C=O) groups excluding carboxylic acids is 2. The van der Waals surface area contributed by atoms with Crippen LogP contribution in [0.25, 0.3) is 0 Å². The fourth-order valence-corrected chi connectivity index (χ4v) is 1.69. The number of aryl methyl sites for hydroxylation is 1. The highest BCUT2D eigenvalue weighted by Gasteiger charge is 2.10. The third kappa shape index (κ3) is 4.17. The Hall–Kier alpha value is -3.15. The van der Waals surface area contributed by atoms with Crippen molar-refractivity contribution in [3.63, 3.8) is 0 Å². The third-order valence-electron chi connectivity index (χ3n) is 2.79. The van der Waals surface area contributed by atoms with E-state index in [1.807, 2.05) is 19.1 Å². The van der Waals surface area contributed by atoms with Gasteiger partial charge in [-0.3, -0.25) is 0 Å². The molecule has 3 N–H and O–H groups in total. The molecule has 0 fully saturated rings. The summed E-state index contributed by atoms with van der Waals surface area (Å²) in [7, 11) is 0. The summed E-state index contributed by atoms with van der Waals surface area (Å²) >= 11 is 0. The first-order valence-electron chi connectivity index (χ1n) is 6.52. The largest absolute Gasteiger partial charge is 0.422 e. The topological polar surface area (TPSA) is 93.8 Å². The van der Waals surface area contributed by atoms with Gasteiger partial charge in [0.15, 0.2) is 0 Å². The number of nitrogens with one attached hydrogen (secondary N) is 1. The number of nitrogens with two attached hydrogens (primary N) is 1. The monoisotopic (exact) mass is 297 g/mol. The van der Waals surface area contributed by atoms with Crippen molar-refractivity contribution in [3.05, 3.63) is 65.2 Å². The zero-order valence-corrected chi connectivity index (χ0v) is 11.9. The summed E-state index contributed by atoms with van der Waals surface area (Å²) in [4.78, 5) is 22.7. The summed E-state index contributed by atoms with van der Waals surface area (Å²) in [6.45, 7) is 1.94. The Kier molecular flexibility index (Phi) is 4.87. The highest BCUT2D eigenvalue weighted by atomic mass is 16.5. The molecule has 2 amide bonds. The standard InChI is InChI=1S/C16H15N3O3/c1-11-6-8-12(9-7-11)15(20)22-14-5-3-2-4-13(14)10-18-19-16(17)21/h2-10H,1H3,(H3,17,19,21)/b18-10-. The molecule has 0 saturated carbocycles. The van der Waals surface area contributed by atoms with Crippen LogP contribution in [0.15, 0.2) is 53.6 Å². The summed E-state index contributed by atoms with van der Waals surface area (Å²) in [6, 6.07) is 13.1. The fraction of sp³-hybridized carbons (Fsp3) is 0.0625. The number of esters is 1. The van der Waals surface area contributed by atoms with Crippen LogP contribution in [0.3, 0.4) is 0 Å². The number of hydrogen-bond acceptors (Lipinski definition) is 4. The second-order valence-electron chi connectivity index (χ2n) is 4.53. The Balaban J connectivity index is 2.15. The fourth-order valence-electron chi connectivity index (χ4n) is 1.69. The minimum atomic E-state index is -0.773. The Morgan fingerprint density at radius 2 is 1.82 bits per heavy atom. The number of ether oxygens (including phenoxy) is 1. The van der Waals surface area contributed by atoms with Crippen molar-refractivity contribution in [1.29, 1.82) is 0 Å². The molecular formula is C16H15N3O3. The van der Waals surface area contributed by atoms with E-state index in [1.165, 1.54) is 6.21 Å². The molecule has 0 aliphatic rings. The molecular weight excluding hydrogens is 282 g/mol. The first-order chi connectivity index (χ1) is 10.6. The van der Waals surface area contributed by atoms with Crippen LogP contribution in [0.1, 0.15) is 21.5 Å². The van der Waals surface area contributed by atoms with Crippen LogP contribution in [0, 0.1) is 6.92 Å². The Labute approximate surface area is 127 Å². The van der Waals surface area contributed by atoms with Crippen molar-refractivity contribution >= 4 is 18.2 Å². The van der Waals surface area contributed by atoms with Gasteiger partial charge >= 0.3 is 12.0 Å². The highest BCUT2D eigenvalue weighted by Crippen LogP contribution is 2.17. The molecule has 0 aliphatic heterocycles. The van der Waals surface area contributed by atoms with E-state index < -0.39 is 12.0 Å². The minimum absolute atomic E-state index is 0.336. The van der Waals surface area contributed by atoms with Crippen LogP contribution < -0.4 is 15.9 Å². The first-order valence-corrected chi connectivity index (χ1v) is 6.52. The predicted molar refractivity (Wildman–Crippen MR) is 82.9 cm³/mol. The van der Waals surface area contributed by atoms with Gasteiger partial charge in [-0.25, -0.2) is 15.0 Å². The molecule has 6 heteroatoms. The average molecular weight is 297 g/mol. The second kappa shape index (κ2) is 7.03. The molecule has 2 rings (SSSR count). The first kappa shape index (κ1) is 15.2. The van der Waals surface area contributed by atoms with Gasteiger partial charge in [0.1, 0.15) is 5.75 Å². The van der Waals surface area contributed by atoms with Crippen molar-refractivity contribution in [3.8, 4) is 5.75 Å². The molecule has 0 aromatic heterocycles. The molecule has 0 radical (unpaired) electrons. The summed E-state index contributed by atoms with van der Waals surface area (Å²) in [5, 5.41) is 3.65. The van der Waals surface area contributed by atoms with Gasteiger partial charge in [0.05, 0.1) is 11.8 Å². The van der Waals surface area contributed by atoms with Crippen molar-refractivity contribution in [2.24, 2.45) is 10.8 Å². The molecule has 0 heterocycles. The van der Waals surface area contributed by atoms with Crippen LogP contribution >= 0.6 is 0 Å². The Morgan fingerprint density at radius 1 is 1.14 bits per heavy atom. The third-order valence-corrected chi connectivity index (χ3v) is 2.79. The SMILES string of the molecule is Cc1ccc(C(=O)Oc2ccccc2/C=N\NC(N)=O)cc1. The van der Waals surface area contributed by atoms with Gasteiger partial charge in [0.2, 0.25) is 0 Å². The van der Waals surface area contributed by atoms with E-state index in [0.717, 1.165) is 5.56 Å². The summed E-state index contributed by atoms with van der Waals surface area (Å²) < 4.78 is 5.35. The van der Waals surface area contributed by atoms with Gasteiger partial charge in [-0.15, -0.1) is 0 Å². The maximum atomic E-state index is 12.1. The number of urea groups is 1. The molecule has 0 aliphatic carbocycles. The number of nitrogens with zero attached hydrogens (tertiary/aromatic N) is 1. The predicted octanol–water partition coefficient (Wildman–Crippen LogP) is 2.22. The quantitative estimate of drug-likeness (QED) is 0.392. The average Bonchev–Trinajstić information content (AvgIpc) is 2.49. The van der Waals surface area contributed by atoms with E-state index in [1.54, 1.807) is 36.4 Å². The number of rotatable bonds is 4. The van der Waals surface area contributed by atoms with Crippen molar-refractivity contribution in [1.82, 2.24) is 5.43 Å². The summed E-state index contributed by atoms with van der Waals surface area (Å²) in [5.41, 5.74) is 9.04. The van der Waals surface area contributed by atoms with E-state index in [2.05, 4.69) is 10.5 Å². The summed E-state index contributed by atoms with van der Waals surface area (Å²) in [6.07, 6.45) is 1.35. The zero-order valence-electron chi connectivity index (χ0n) is 11.9. The maximum absolute atomic E-state index is 12.1. The van der Waals surface area contributed by atoms with E-state index in [0.29, 0.717) is 16.9 Å². The smallest absolute Gasteiger partial charge is 0.343 e. The molecule has 0 atom stereocenters. The van der Waals surface area contributed by atoms with Crippen LogP contribution in [0.5, 0.6) is 5.75 Å². The lowest BCUT2D eigenvalue weighted by Gasteiger charge is -2.07. The van der Waals surface area contributed by atoms with Crippen molar-refractivity contribution < 1.29 is 14.3 Å². The van der Waals surface area contributed by atoms with Crippen LogP contribution in [-0.4, -0.2) is 18.2 Å². The molecule has 22 heavy (non-hydrogen) atoms. The molecule has 0 unspecified atom stereocenters. The number of hydrogen-bond donors (Lipinski definition) is 2. The molecule has 0 saturated heterocycles. The number of amides is 2. The molecule has 112 valence electrons. The van der Waals surface area contributed by atoms with Crippen LogP contribution in [-0.2, 0) is 0 Å². The minimum Gasteiger partial charge on any atom is -0.422 e. The van der Waals surface area contributed by atoms with Crippen molar-refractivity contribution in [2.75, 3.05) is 0 Å². The lowest BCUT2D eigenvalue weighted by Crippen LogP contribution is -2.24. The number of hydrazone groups is 1. The van der Waals surface area contributed by atoms with Gasteiger partial charge in [-0.2, -0.15) is 5.10 Å². The Morgan fingerprint density at radius 3 is 2.50 bits per heavy atom. The number of benzene rings is 2. The van der Waals surface area contributed by atoms with E-state index in [9.17, 15) is 9.59 Å². The van der Waals surface area contributed by atoms with Gasteiger partial charge in [-0.05, 0) is 31.2 Å². The van der Waals surface area contributed by atoms with E-state index >= 15 is 0 Å². The molecule has 0 spiro atoms. The molecule has 6 nitrogen and oxygen atoms in total. The van der Waals surface area contributed by atoms with E-state index in [-0.39, 0.29) is 0 Å². The number of carbonyl (C=O) groups is 2. The van der Waals surface area contributed by atoms with Gasteiger partial charge in [0, 0.05) is 5.56 Å². The molecule has 2 aromatic rings.